The SMILES string of the molecule is O=C(O)CC(=O)CSC12CCN(CC1)CC2. The van der Waals surface area contributed by atoms with Crippen molar-refractivity contribution in [3.05, 3.63) is 0 Å². The molecule has 0 atom stereocenters. The van der Waals surface area contributed by atoms with E-state index in [0.717, 1.165) is 38.9 Å². The van der Waals surface area contributed by atoms with E-state index in [9.17, 15) is 9.59 Å². The first-order valence-electron chi connectivity index (χ1n) is 5.69. The lowest BCUT2D eigenvalue weighted by atomic mass is 9.87. The highest BCUT2D eigenvalue weighted by Crippen LogP contribution is 2.43. The predicted octanol–water partition coefficient (Wildman–Crippen LogP) is 1.00. The Balaban J connectivity index is 1.80. The van der Waals surface area contributed by atoms with Gasteiger partial charge in [-0.2, -0.15) is 0 Å². The number of carbonyl (C=O) groups excluding carboxylic acids is 1. The maximum Gasteiger partial charge on any atom is 0.310 e. The fourth-order valence-corrected chi connectivity index (χ4v) is 3.74. The molecule has 0 radical (unpaired) electrons. The summed E-state index contributed by atoms with van der Waals surface area (Å²) in [5, 5.41) is 8.51. The van der Waals surface area contributed by atoms with Gasteiger partial charge in [0.15, 0.2) is 5.78 Å². The highest BCUT2D eigenvalue weighted by molar-refractivity contribution is 8.01. The Labute approximate surface area is 99.4 Å². The summed E-state index contributed by atoms with van der Waals surface area (Å²) >= 11 is 1.69. The molecule has 0 aromatic rings. The number of carboxylic acids is 1. The minimum atomic E-state index is -1.01. The van der Waals surface area contributed by atoms with Gasteiger partial charge in [-0.05, 0) is 38.9 Å². The van der Waals surface area contributed by atoms with Gasteiger partial charge in [-0.15, -0.1) is 11.8 Å². The highest BCUT2D eigenvalue weighted by atomic mass is 32.2. The Morgan fingerprint density at radius 2 is 1.75 bits per heavy atom. The van der Waals surface area contributed by atoms with Crippen LogP contribution in [0.15, 0.2) is 0 Å². The number of carboxylic acid groups (broad SMARTS) is 1. The second kappa shape index (κ2) is 4.75. The Bertz CT molecular complexity index is 284. The molecular weight excluding hydrogens is 226 g/mol. The molecule has 0 aromatic heterocycles. The quantitative estimate of drug-likeness (QED) is 0.730. The molecule has 16 heavy (non-hydrogen) atoms. The zero-order valence-electron chi connectivity index (χ0n) is 9.28. The second-order valence-corrected chi connectivity index (χ2v) is 6.12. The molecule has 90 valence electrons. The van der Waals surface area contributed by atoms with E-state index in [4.69, 9.17) is 5.11 Å². The van der Waals surface area contributed by atoms with Gasteiger partial charge in [-0.1, -0.05) is 0 Å². The van der Waals surface area contributed by atoms with Crippen molar-refractivity contribution in [3.63, 3.8) is 0 Å². The van der Waals surface area contributed by atoms with Crippen molar-refractivity contribution in [2.75, 3.05) is 25.4 Å². The molecule has 5 heteroatoms. The normalized spacial score (nSPS) is 32.6. The van der Waals surface area contributed by atoms with Crippen LogP contribution in [-0.2, 0) is 9.59 Å². The summed E-state index contributed by atoms with van der Waals surface area (Å²) in [5.41, 5.74) is 0. The highest BCUT2D eigenvalue weighted by Gasteiger charge is 2.39. The lowest BCUT2D eigenvalue weighted by molar-refractivity contribution is -0.139. The van der Waals surface area contributed by atoms with Gasteiger partial charge in [0.2, 0.25) is 0 Å². The lowest BCUT2D eigenvalue weighted by Crippen LogP contribution is -2.50. The van der Waals surface area contributed by atoms with Crippen molar-refractivity contribution in [1.82, 2.24) is 4.90 Å². The van der Waals surface area contributed by atoms with Crippen molar-refractivity contribution in [2.24, 2.45) is 0 Å². The van der Waals surface area contributed by atoms with Gasteiger partial charge in [0.25, 0.3) is 0 Å². The van der Waals surface area contributed by atoms with E-state index < -0.39 is 5.97 Å². The molecule has 3 aliphatic rings. The third kappa shape index (κ3) is 2.77. The molecule has 0 amide bonds. The molecule has 0 saturated carbocycles. The van der Waals surface area contributed by atoms with Crippen molar-refractivity contribution >= 4 is 23.5 Å². The first-order chi connectivity index (χ1) is 7.60. The van der Waals surface area contributed by atoms with Crippen LogP contribution in [0.1, 0.15) is 25.7 Å². The molecular formula is C11H17NO3S. The molecule has 1 N–H and O–H groups in total. The average Bonchev–Trinajstić information content (AvgIpc) is 2.28. The third-order valence-electron chi connectivity index (χ3n) is 3.54. The number of fused-ring (bicyclic) bond motifs is 3. The molecule has 3 fully saturated rings. The average molecular weight is 243 g/mol. The van der Waals surface area contributed by atoms with Crippen molar-refractivity contribution in [3.8, 4) is 0 Å². The minimum Gasteiger partial charge on any atom is -0.481 e. The predicted molar refractivity (Wildman–Crippen MR) is 62.7 cm³/mol. The number of aliphatic carboxylic acids is 1. The van der Waals surface area contributed by atoms with E-state index in [-0.39, 0.29) is 17.0 Å². The molecule has 0 aromatic carbocycles. The van der Waals surface area contributed by atoms with Crippen LogP contribution in [0.3, 0.4) is 0 Å². The standard InChI is InChI=1S/C11H17NO3S/c13-9(7-10(14)15)8-16-11-1-4-12(5-2-11)6-3-11/h1-8H2,(H,14,15). The van der Waals surface area contributed by atoms with Gasteiger partial charge in [0, 0.05) is 4.75 Å². The molecule has 4 nitrogen and oxygen atoms in total. The fraction of sp³-hybridized carbons (Fsp3) is 0.818. The number of carbonyl (C=O) groups is 2. The van der Waals surface area contributed by atoms with Gasteiger partial charge in [-0.25, -0.2) is 0 Å². The zero-order chi connectivity index (χ0) is 11.6. The molecule has 3 heterocycles. The Morgan fingerprint density at radius 3 is 2.25 bits per heavy atom. The van der Waals surface area contributed by atoms with Crippen LogP contribution in [0.2, 0.25) is 0 Å². The van der Waals surface area contributed by atoms with Crippen LogP contribution in [0, 0.1) is 0 Å². The van der Waals surface area contributed by atoms with Crippen LogP contribution >= 0.6 is 11.8 Å². The maximum absolute atomic E-state index is 11.4. The fourth-order valence-electron chi connectivity index (χ4n) is 2.47. The van der Waals surface area contributed by atoms with Gasteiger partial charge in [0.05, 0.1) is 5.75 Å². The summed E-state index contributed by atoms with van der Waals surface area (Å²) in [5.74, 6) is -0.798. The van der Waals surface area contributed by atoms with Gasteiger partial charge in [0.1, 0.15) is 6.42 Å². The topological polar surface area (TPSA) is 57.6 Å². The monoisotopic (exact) mass is 243 g/mol. The van der Waals surface area contributed by atoms with Crippen molar-refractivity contribution in [2.45, 2.75) is 30.4 Å². The maximum atomic E-state index is 11.4. The number of nitrogens with zero attached hydrogens (tertiary/aromatic N) is 1. The van der Waals surface area contributed by atoms with E-state index in [1.807, 2.05) is 0 Å². The summed E-state index contributed by atoms with van der Waals surface area (Å²) in [7, 11) is 0. The molecule has 3 saturated heterocycles. The Morgan fingerprint density at radius 1 is 1.19 bits per heavy atom. The first-order valence-corrected chi connectivity index (χ1v) is 6.68. The second-order valence-electron chi connectivity index (χ2n) is 4.67. The van der Waals surface area contributed by atoms with E-state index in [0.29, 0.717) is 5.75 Å². The summed E-state index contributed by atoms with van der Waals surface area (Å²) in [6, 6.07) is 0. The van der Waals surface area contributed by atoms with E-state index in [1.165, 1.54) is 0 Å². The van der Waals surface area contributed by atoms with Crippen LogP contribution in [0.5, 0.6) is 0 Å². The van der Waals surface area contributed by atoms with Crippen LogP contribution < -0.4 is 0 Å². The minimum absolute atomic E-state index is 0.153. The first kappa shape index (κ1) is 11.9. The molecule has 0 unspecified atom stereocenters. The number of Topliss-reactive ketones (excluding diaryl/α,β-unsaturated/α-hetero) is 1. The van der Waals surface area contributed by atoms with Crippen LogP contribution in [0.4, 0.5) is 0 Å². The summed E-state index contributed by atoms with van der Waals surface area (Å²) < 4.78 is 0.267. The van der Waals surface area contributed by atoms with E-state index in [2.05, 4.69) is 4.90 Å². The van der Waals surface area contributed by atoms with Gasteiger partial charge in [-0.3, -0.25) is 9.59 Å². The zero-order valence-corrected chi connectivity index (χ0v) is 10.1. The lowest BCUT2D eigenvalue weighted by Gasteiger charge is -2.47. The van der Waals surface area contributed by atoms with Gasteiger partial charge < -0.3 is 10.0 Å². The molecule has 3 rings (SSSR count). The number of ketones is 1. The number of piperidine rings is 3. The largest absolute Gasteiger partial charge is 0.481 e. The van der Waals surface area contributed by atoms with Crippen molar-refractivity contribution < 1.29 is 14.7 Å². The Hall–Kier alpha value is -0.550. The summed E-state index contributed by atoms with van der Waals surface area (Å²) in [4.78, 5) is 24.2. The number of hydrogen-bond donors (Lipinski definition) is 1. The van der Waals surface area contributed by atoms with E-state index >= 15 is 0 Å². The third-order valence-corrected chi connectivity index (χ3v) is 5.23. The van der Waals surface area contributed by atoms with Crippen LogP contribution in [-0.4, -0.2) is 51.9 Å². The molecule has 2 bridgehead atoms. The van der Waals surface area contributed by atoms with E-state index in [1.54, 1.807) is 11.8 Å². The number of rotatable bonds is 5. The summed E-state index contributed by atoms with van der Waals surface area (Å²) in [6.07, 6.45) is 3.13. The van der Waals surface area contributed by atoms with Gasteiger partial charge >= 0.3 is 5.97 Å². The number of hydrogen-bond acceptors (Lipinski definition) is 4. The molecule has 3 aliphatic heterocycles. The smallest absolute Gasteiger partial charge is 0.310 e. The molecule has 0 aliphatic carbocycles. The van der Waals surface area contributed by atoms with Crippen molar-refractivity contribution in [1.29, 1.82) is 0 Å². The summed E-state index contributed by atoms with van der Waals surface area (Å²) in [6.45, 7) is 3.42. The Kier molecular flexibility index (Phi) is 3.54. The number of thioether (sulfide) groups is 1. The molecule has 0 spiro atoms. The van der Waals surface area contributed by atoms with Crippen LogP contribution in [0.25, 0.3) is 0 Å².